The first-order valence-electron chi connectivity index (χ1n) is 6.83. The van der Waals surface area contributed by atoms with Gasteiger partial charge in [0.1, 0.15) is 11.6 Å². The van der Waals surface area contributed by atoms with E-state index in [-0.39, 0.29) is 5.91 Å². The van der Waals surface area contributed by atoms with Crippen molar-refractivity contribution in [1.82, 2.24) is 5.32 Å². The highest BCUT2D eigenvalue weighted by Crippen LogP contribution is 2.18. The Kier molecular flexibility index (Phi) is 5.44. The average Bonchev–Trinajstić information content (AvgIpc) is 2.91. The van der Waals surface area contributed by atoms with Crippen molar-refractivity contribution in [3.8, 4) is 0 Å². The van der Waals surface area contributed by atoms with Crippen molar-refractivity contribution in [2.45, 2.75) is 32.2 Å². The number of rotatable bonds is 6. The Bertz CT molecular complexity index is 598. The highest BCUT2D eigenvalue weighted by molar-refractivity contribution is 7.09. The van der Waals surface area contributed by atoms with E-state index in [0.29, 0.717) is 12.0 Å². The van der Waals surface area contributed by atoms with Crippen LogP contribution in [0.5, 0.6) is 0 Å². The number of hydrogen-bond acceptors (Lipinski definition) is 2. The Hall–Kier alpha value is -1.75. The van der Waals surface area contributed by atoms with Gasteiger partial charge in [-0.05, 0) is 37.3 Å². The third kappa shape index (κ3) is 4.63. The van der Waals surface area contributed by atoms with Crippen LogP contribution in [0.3, 0.4) is 0 Å². The molecule has 1 aromatic heterocycles. The number of amides is 1. The summed E-state index contributed by atoms with van der Waals surface area (Å²) in [6, 6.07) is 6.94. The molecule has 0 spiro atoms. The molecule has 0 fully saturated rings. The fourth-order valence-corrected chi connectivity index (χ4v) is 2.87. The topological polar surface area (TPSA) is 29.1 Å². The van der Waals surface area contributed by atoms with Crippen molar-refractivity contribution in [3.05, 3.63) is 57.8 Å². The van der Waals surface area contributed by atoms with E-state index in [0.717, 1.165) is 18.9 Å². The number of halogens is 2. The molecule has 1 aromatic carbocycles. The zero-order chi connectivity index (χ0) is 15.2. The highest BCUT2D eigenvalue weighted by Gasteiger charge is 2.14. The molecular formula is C16H17F2NOS. The Labute approximate surface area is 126 Å². The maximum atomic E-state index is 13.6. The molecule has 1 unspecified atom stereocenters. The minimum Gasteiger partial charge on any atom is -0.349 e. The van der Waals surface area contributed by atoms with Crippen LogP contribution in [0.4, 0.5) is 8.78 Å². The smallest absolute Gasteiger partial charge is 0.220 e. The van der Waals surface area contributed by atoms with Gasteiger partial charge in [-0.2, -0.15) is 0 Å². The first-order chi connectivity index (χ1) is 10.1. The molecular weight excluding hydrogens is 292 g/mol. The van der Waals surface area contributed by atoms with Crippen molar-refractivity contribution < 1.29 is 13.6 Å². The third-order valence-corrected chi connectivity index (χ3v) is 4.15. The van der Waals surface area contributed by atoms with Crippen molar-refractivity contribution in [1.29, 1.82) is 0 Å². The van der Waals surface area contributed by atoms with Crippen molar-refractivity contribution in [2.75, 3.05) is 0 Å². The summed E-state index contributed by atoms with van der Waals surface area (Å²) < 4.78 is 26.4. The number of carbonyl (C=O) groups is 1. The molecule has 1 amide bonds. The molecule has 2 rings (SSSR count). The summed E-state index contributed by atoms with van der Waals surface area (Å²) >= 11 is 1.67. The van der Waals surface area contributed by atoms with Gasteiger partial charge in [-0.25, -0.2) is 8.78 Å². The SMILES string of the molecule is CC(NC(=O)CCCc1cccs1)c1ccc(F)cc1F. The number of aryl methyl sites for hydroxylation is 1. The summed E-state index contributed by atoms with van der Waals surface area (Å²) in [5.74, 6) is -1.38. The van der Waals surface area contributed by atoms with Gasteiger partial charge in [0.2, 0.25) is 5.91 Å². The van der Waals surface area contributed by atoms with Crippen LogP contribution in [0, 0.1) is 11.6 Å². The van der Waals surface area contributed by atoms with Gasteiger partial charge in [-0.3, -0.25) is 4.79 Å². The number of carbonyl (C=O) groups excluding carboxylic acids is 1. The molecule has 1 heterocycles. The molecule has 1 atom stereocenters. The number of hydrogen-bond donors (Lipinski definition) is 1. The zero-order valence-electron chi connectivity index (χ0n) is 11.7. The van der Waals surface area contributed by atoms with Gasteiger partial charge in [0.05, 0.1) is 6.04 Å². The third-order valence-electron chi connectivity index (χ3n) is 3.21. The Morgan fingerprint density at radius 2 is 2.14 bits per heavy atom. The lowest BCUT2D eigenvalue weighted by molar-refractivity contribution is -0.121. The fraction of sp³-hybridized carbons (Fsp3) is 0.312. The Balaban J connectivity index is 1.81. The van der Waals surface area contributed by atoms with Gasteiger partial charge in [-0.15, -0.1) is 11.3 Å². The molecule has 2 aromatic rings. The van der Waals surface area contributed by atoms with Gasteiger partial charge < -0.3 is 5.32 Å². The van der Waals surface area contributed by atoms with Crippen LogP contribution < -0.4 is 5.32 Å². The lowest BCUT2D eigenvalue weighted by Crippen LogP contribution is -2.27. The van der Waals surface area contributed by atoms with Crippen LogP contribution in [-0.4, -0.2) is 5.91 Å². The summed E-state index contributed by atoms with van der Waals surface area (Å²) in [5, 5.41) is 4.75. The molecule has 0 aliphatic carbocycles. The largest absolute Gasteiger partial charge is 0.349 e. The molecule has 21 heavy (non-hydrogen) atoms. The standard InChI is InChI=1S/C16H17F2NOS/c1-11(14-8-7-12(17)10-15(14)18)19-16(20)6-2-4-13-5-3-9-21-13/h3,5,7-11H,2,4,6H2,1H3,(H,19,20). The molecule has 0 aliphatic heterocycles. The lowest BCUT2D eigenvalue weighted by Gasteiger charge is -2.15. The second-order valence-electron chi connectivity index (χ2n) is 4.89. The van der Waals surface area contributed by atoms with Crippen molar-refractivity contribution >= 4 is 17.2 Å². The van der Waals surface area contributed by atoms with Crippen LogP contribution in [0.2, 0.25) is 0 Å². The summed E-state index contributed by atoms with van der Waals surface area (Å²) in [6.07, 6.45) is 2.01. The maximum absolute atomic E-state index is 13.6. The predicted molar refractivity (Wildman–Crippen MR) is 80.2 cm³/mol. The molecule has 0 radical (unpaired) electrons. The molecule has 5 heteroatoms. The summed E-state index contributed by atoms with van der Waals surface area (Å²) in [6.45, 7) is 1.69. The summed E-state index contributed by atoms with van der Waals surface area (Å²) in [4.78, 5) is 13.1. The number of nitrogens with one attached hydrogen (secondary N) is 1. The highest BCUT2D eigenvalue weighted by atomic mass is 32.1. The zero-order valence-corrected chi connectivity index (χ0v) is 12.6. The van der Waals surface area contributed by atoms with Crippen LogP contribution in [0.25, 0.3) is 0 Å². The van der Waals surface area contributed by atoms with Crippen LogP contribution >= 0.6 is 11.3 Å². The first kappa shape index (κ1) is 15.6. The number of benzene rings is 1. The Morgan fingerprint density at radius 1 is 1.33 bits per heavy atom. The predicted octanol–water partition coefficient (Wildman–Crippen LogP) is 4.23. The summed E-state index contributed by atoms with van der Waals surface area (Å²) in [5.41, 5.74) is 0.294. The second-order valence-corrected chi connectivity index (χ2v) is 5.92. The minimum absolute atomic E-state index is 0.122. The first-order valence-corrected chi connectivity index (χ1v) is 7.71. The van der Waals surface area contributed by atoms with E-state index >= 15 is 0 Å². The van der Waals surface area contributed by atoms with Crippen LogP contribution in [-0.2, 0) is 11.2 Å². The van der Waals surface area contributed by atoms with E-state index in [4.69, 9.17) is 0 Å². The fourth-order valence-electron chi connectivity index (χ4n) is 2.12. The van der Waals surface area contributed by atoms with Crippen LogP contribution in [0.1, 0.15) is 36.2 Å². The van der Waals surface area contributed by atoms with Crippen LogP contribution in [0.15, 0.2) is 35.7 Å². The quantitative estimate of drug-likeness (QED) is 0.850. The normalized spacial score (nSPS) is 12.1. The maximum Gasteiger partial charge on any atom is 0.220 e. The molecule has 0 bridgehead atoms. The van der Waals surface area contributed by atoms with Crippen molar-refractivity contribution in [2.24, 2.45) is 0 Å². The molecule has 112 valence electrons. The van der Waals surface area contributed by atoms with Gasteiger partial charge >= 0.3 is 0 Å². The number of thiophene rings is 1. The molecule has 0 aliphatic rings. The molecule has 0 saturated carbocycles. The van der Waals surface area contributed by atoms with Gasteiger partial charge in [0.25, 0.3) is 0 Å². The average molecular weight is 309 g/mol. The van der Waals surface area contributed by atoms with E-state index in [1.54, 1.807) is 18.3 Å². The van der Waals surface area contributed by atoms with Gasteiger partial charge in [0, 0.05) is 22.9 Å². The van der Waals surface area contributed by atoms with E-state index in [1.165, 1.54) is 17.0 Å². The monoisotopic (exact) mass is 309 g/mol. The van der Waals surface area contributed by atoms with E-state index in [1.807, 2.05) is 17.5 Å². The lowest BCUT2D eigenvalue weighted by atomic mass is 10.1. The van der Waals surface area contributed by atoms with Gasteiger partial charge in [-0.1, -0.05) is 12.1 Å². The summed E-state index contributed by atoms with van der Waals surface area (Å²) in [7, 11) is 0. The van der Waals surface area contributed by atoms with Gasteiger partial charge in [0.15, 0.2) is 0 Å². The molecule has 0 saturated heterocycles. The van der Waals surface area contributed by atoms with Crippen molar-refractivity contribution in [3.63, 3.8) is 0 Å². The second kappa shape index (κ2) is 7.31. The van der Waals surface area contributed by atoms with E-state index in [9.17, 15) is 13.6 Å². The Morgan fingerprint density at radius 3 is 2.81 bits per heavy atom. The minimum atomic E-state index is -0.638. The molecule has 1 N–H and O–H groups in total. The van der Waals surface area contributed by atoms with E-state index in [2.05, 4.69) is 5.32 Å². The molecule has 2 nitrogen and oxygen atoms in total. The van der Waals surface area contributed by atoms with E-state index < -0.39 is 17.7 Å².